The predicted octanol–water partition coefficient (Wildman–Crippen LogP) is -2.15. The summed E-state index contributed by atoms with van der Waals surface area (Å²) in [6, 6.07) is 3.30. The van der Waals surface area contributed by atoms with Crippen molar-refractivity contribution in [2.75, 3.05) is 11.5 Å². The number of rotatable bonds is 6. The topological polar surface area (TPSA) is 316 Å². The van der Waals surface area contributed by atoms with Gasteiger partial charge >= 0.3 is 23.3 Å². The van der Waals surface area contributed by atoms with E-state index in [0.717, 1.165) is 18.2 Å². The zero-order chi connectivity index (χ0) is 27.0. The molecule has 0 radical (unpaired) electrons. The van der Waals surface area contributed by atoms with E-state index in [1.165, 1.54) is 0 Å². The van der Waals surface area contributed by atoms with Gasteiger partial charge in [0.15, 0.2) is 11.5 Å². The number of nitrogens with zero attached hydrogens (tertiary/aromatic N) is 7. The van der Waals surface area contributed by atoms with Gasteiger partial charge in [0.1, 0.15) is 5.82 Å². The minimum absolute atomic E-state index is 0.0492. The van der Waals surface area contributed by atoms with E-state index in [2.05, 4.69) is 30.6 Å². The molecule has 0 saturated heterocycles. The number of nitrogens with two attached hydrogens (primary N) is 2. The number of aromatic amines is 3. The number of azo groups is 1. The van der Waals surface area contributed by atoms with E-state index in [0.29, 0.717) is 9.36 Å². The van der Waals surface area contributed by atoms with Crippen LogP contribution in [0.5, 0.6) is 0 Å². The van der Waals surface area contributed by atoms with E-state index < -0.39 is 45.8 Å². The SMILES string of the molecule is Nc1n[nH]c(N)c1N=Nc1cc(-n2nc(C(=O)O)c(=O)[nH]c2=O)cc(-n2nc(C(=O)O)c(=O)[nH]c2=O)c1. The standard InChI is InChI=1S/C17H12N12O8/c18-10-7(11(19)25-24-10)23-22-4-1-5(28-16(36)20-12(30)8(26-28)14(32)33)3-6(2-4)29-17(37)21-13(31)9(27-29)15(34)35/h1-3H,(H,32,33)(H,34,35)(H,20,30,36)(H,21,31,37)(H5,18,19,24,25). The molecule has 0 fully saturated rings. The fourth-order valence-corrected chi connectivity index (χ4v) is 2.89. The molecule has 0 aliphatic carbocycles. The summed E-state index contributed by atoms with van der Waals surface area (Å²) in [5, 5.41) is 39.1. The third-order valence-corrected chi connectivity index (χ3v) is 4.50. The summed E-state index contributed by atoms with van der Waals surface area (Å²) in [4.78, 5) is 74.6. The molecule has 20 heteroatoms. The summed E-state index contributed by atoms with van der Waals surface area (Å²) in [5.41, 5.74) is 3.55. The molecule has 0 atom stereocenters. The van der Waals surface area contributed by atoms with Crippen molar-refractivity contribution >= 4 is 34.9 Å². The molecule has 4 aromatic rings. The Hall–Kier alpha value is -6.21. The molecule has 9 N–H and O–H groups in total. The fourth-order valence-electron chi connectivity index (χ4n) is 2.89. The number of hydrogen-bond donors (Lipinski definition) is 7. The summed E-state index contributed by atoms with van der Waals surface area (Å²) in [6.45, 7) is 0. The van der Waals surface area contributed by atoms with Crippen LogP contribution in [0, 0.1) is 0 Å². The van der Waals surface area contributed by atoms with Crippen LogP contribution in [0.15, 0.2) is 47.6 Å². The van der Waals surface area contributed by atoms with Crippen LogP contribution >= 0.6 is 0 Å². The van der Waals surface area contributed by atoms with Crippen LogP contribution in [0.1, 0.15) is 21.0 Å². The molecule has 3 heterocycles. The van der Waals surface area contributed by atoms with E-state index >= 15 is 0 Å². The minimum atomic E-state index is -1.75. The van der Waals surface area contributed by atoms with Crippen molar-refractivity contribution in [1.29, 1.82) is 0 Å². The number of benzene rings is 1. The van der Waals surface area contributed by atoms with Crippen molar-refractivity contribution in [1.82, 2.24) is 39.7 Å². The van der Waals surface area contributed by atoms with Crippen molar-refractivity contribution in [3.05, 3.63) is 71.3 Å². The fraction of sp³-hybridized carbons (Fsp3) is 0. The lowest BCUT2D eigenvalue weighted by atomic mass is 10.2. The number of hydrogen-bond acceptors (Lipinski definition) is 13. The summed E-state index contributed by atoms with van der Waals surface area (Å²) in [6.07, 6.45) is 0. The summed E-state index contributed by atoms with van der Waals surface area (Å²) in [5.74, 6) is -3.66. The average Bonchev–Trinajstić information content (AvgIpc) is 3.14. The number of anilines is 2. The molecule has 20 nitrogen and oxygen atoms in total. The lowest BCUT2D eigenvalue weighted by Crippen LogP contribution is -2.36. The summed E-state index contributed by atoms with van der Waals surface area (Å²) >= 11 is 0. The van der Waals surface area contributed by atoms with Crippen LogP contribution in [-0.4, -0.2) is 61.9 Å². The van der Waals surface area contributed by atoms with Gasteiger partial charge in [-0.25, -0.2) is 19.2 Å². The summed E-state index contributed by atoms with van der Waals surface area (Å²) < 4.78 is 0.922. The molecule has 0 spiro atoms. The highest BCUT2D eigenvalue weighted by atomic mass is 16.4. The number of carboxylic acid groups (broad SMARTS) is 2. The van der Waals surface area contributed by atoms with Crippen LogP contribution in [0.25, 0.3) is 11.4 Å². The second-order valence-corrected chi connectivity index (χ2v) is 6.93. The van der Waals surface area contributed by atoms with Gasteiger partial charge in [0.25, 0.3) is 11.1 Å². The van der Waals surface area contributed by atoms with Crippen LogP contribution in [0.2, 0.25) is 0 Å². The molecule has 0 unspecified atom stereocenters. The maximum atomic E-state index is 12.4. The Kier molecular flexibility index (Phi) is 5.73. The smallest absolute Gasteiger partial charge is 0.362 e. The van der Waals surface area contributed by atoms with E-state index in [4.69, 9.17) is 11.5 Å². The van der Waals surface area contributed by atoms with Crippen molar-refractivity contribution in [3.63, 3.8) is 0 Å². The van der Waals surface area contributed by atoms with Crippen molar-refractivity contribution in [2.24, 2.45) is 10.2 Å². The Balaban J connectivity index is 2.01. The van der Waals surface area contributed by atoms with E-state index in [-0.39, 0.29) is 34.4 Å². The zero-order valence-electron chi connectivity index (χ0n) is 17.9. The molecule has 188 valence electrons. The summed E-state index contributed by atoms with van der Waals surface area (Å²) in [7, 11) is 0. The van der Waals surface area contributed by atoms with E-state index in [9.17, 15) is 39.0 Å². The van der Waals surface area contributed by atoms with E-state index in [1.807, 2.05) is 0 Å². The monoisotopic (exact) mass is 512 g/mol. The lowest BCUT2D eigenvalue weighted by molar-refractivity contribution is 0.0675. The third-order valence-electron chi connectivity index (χ3n) is 4.50. The lowest BCUT2D eigenvalue weighted by Gasteiger charge is -2.10. The Bertz CT molecular complexity index is 1730. The normalized spacial score (nSPS) is 11.1. The second-order valence-electron chi connectivity index (χ2n) is 6.93. The van der Waals surface area contributed by atoms with Crippen molar-refractivity contribution in [3.8, 4) is 11.4 Å². The van der Waals surface area contributed by atoms with Crippen molar-refractivity contribution < 1.29 is 19.8 Å². The predicted molar refractivity (Wildman–Crippen MR) is 120 cm³/mol. The van der Waals surface area contributed by atoms with E-state index in [1.54, 1.807) is 9.97 Å². The van der Waals surface area contributed by atoms with Crippen LogP contribution in [0.3, 0.4) is 0 Å². The Morgan fingerprint density at radius 3 is 1.70 bits per heavy atom. The molecule has 1 aromatic carbocycles. The molecule has 37 heavy (non-hydrogen) atoms. The average molecular weight is 512 g/mol. The van der Waals surface area contributed by atoms with Crippen molar-refractivity contribution in [2.45, 2.75) is 0 Å². The van der Waals surface area contributed by atoms with Crippen LogP contribution in [-0.2, 0) is 0 Å². The van der Waals surface area contributed by atoms with Gasteiger partial charge in [-0.1, -0.05) is 0 Å². The Morgan fingerprint density at radius 2 is 1.30 bits per heavy atom. The number of H-pyrrole nitrogens is 3. The molecule has 0 aliphatic heterocycles. The van der Waals surface area contributed by atoms with Gasteiger partial charge in [0, 0.05) is 0 Å². The number of aromatic carboxylic acids is 2. The molecule has 0 saturated carbocycles. The maximum absolute atomic E-state index is 12.4. The molecule has 4 rings (SSSR count). The van der Waals surface area contributed by atoms with Gasteiger partial charge < -0.3 is 21.7 Å². The van der Waals surface area contributed by atoms with Crippen LogP contribution < -0.4 is 34.0 Å². The minimum Gasteiger partial charge on any atom is -0.476 e. The first kappa shape index (κ1) is 23.9. The molecule has 0 bridgehead atoms. The number of carboxylic acids is 2. The highest BCUT2D eigenvalue weighted by Gasteiger charge is 2.18. The first-order valence-electron chi connectivity index (χ1n) is 9.57. The zero-order valence-corrected chi connectivity index (χ0v) is 17.9. The van der Waals surface area contributed by atoms with Gasteiger partial charge in [-0.3, -0.25) is 24.7 Å². The highest BCUT2D eigenvalue weighted by molar-refractivity contribution is 5.85. The number of aromatic nitrogens is 8. The molecule has 0 aliphatic rings. The Morgan fingerprint density at radius 1 is 0.811 bits per heavy atom. The molecular formula is C17H12N12O8. The van der Waals surface area contributed by atoms with Gasteiger partial charge in [0.2, 0.25) is 11.4 Å². The van der Waals surface area contributed by atoms with Crippen LogP contribution in [0.4, 0.5) is 23.0 Å². The van der Waals surface area contributed by atoms with Gasteiger partial charge in [0.05, 0.1) is 17.1 Å². The number of nitrogen functional groups attached to an aromatic ring is 2. The molecule has 3 aromatic heterocycles. The van der Waals surface area contributed by atoms with Gasteiger partial charge in [-0.15, -0.1) is 5.11 Å². The highest BCUT2D eigenvalue weighted by Crippen LogP contribution is 2.29. The first-order chi connectivity index (χ1) is 17.5. The molecular weight excluding hydrogens is 500 g/mol. The second kappa shape index (κ2) is 8.86. The number of nitrogens with one attached hydrogen (secondary N) is 3. The van der Waals surface area contributed by atoms with Gasteiger partial charge in [-0.2, -0.15) is 29.8 Å². The quantitative estimate of drug-likeness (QED) is 0.136. The van der Waals surface area contributed by atoms with Gasteiger partial charge in [-0.05, 0) is 18.2 Å². The first-order valence-corrected chi connectivity index (χ1v) is 9.57. The largest absolute Gasteiger partial charge is 0.476 e. The maximum Gasteiger partial charge on any atom is 0.362 e. The Labute approximate surface area is 199 Å². The number of carbonyl (C=O) groups is 2. The molecule has 0 amide bonds. The third kappa shape index (κ3) is 4.46.